The maximum absolute atomic E-state index is 6.15. The van der Waals surface area contributed by atoms with Crippen LogP contribution in [0, 0.1) is 5.92 Å². The highest BCUT2D eigenvalue weighted by atomic mass is 79.9. The van der Waals surface area contributed by atoms with Crippen LogP contribution in [0.5, 0.6) is 0 Å². The third-order valence-electron chi connectivity index (χ3n) is 3.95. The average Bonchev–Trinajstić information content (AvgIpc) is 2.41. The van der Waals surface area contributed by atoms with E-state index < -0.39 is 0 Å². The number of aromatic nitrogens is 1. The van der Waals surface area contributed by atoms with Gasteiger partial charge in [0.05, 0.1) is 5.02 Å². The molecule has 4 heteroatoms. The van der Waals surface area contributed by atoms with E-state index in [4.69, 9.17) is 11.6 Å². The largest absolute Gasteiger partial charge is 0.310 e. The molecule has 1 aromatic heterocycles. The van der Waals surface area contributed by atoms with Crippen LogP contribution in [0.4, 0.5) is 0 Å². The zero-order valence-electron chi connectivity index (χ0n) is 10.1. The SMILES string of the molecule is Clc1cc(C2=CCC[C@H]3CCCN[C@@H]23)cnc1Br. The Balaban J connectivity index is 1.94. The fourth-order valence-corrected chi connectivity index (χ4v) is 3.47. The number of nitrogens with one attached hydrogen (secondary N) is 1. The summed E-state index contributed by atoms with van der Waals surface area (Å²) >= 11 is 9.50. The highest BCUT2D eigenvalue weighted by Gasteiger charge is 2.30. The molecule has 18 heavy (non-hydrogen) atoms. The standard InChI is InChI=1S/C14H16BrClN2/c15-14-12(16)7-10(8-18-14)11-5-1-3-9-4-2-6-17-13(9)11/h5,7-9,13,17H,1-4,6H2/t9-,13+/m0/s1. The first-order chi connectivity index (χ1) is 8.75. The third-order valence-corrected chi connectivity index (χ3v) is 5.10. The van der Waals surface area contributed by atoms with Gasteiger partial charge in [0.2, 0.25) is 0 Å². The summed E-state index contributed by atoms with van der Waals surface area (Å²) in [5.41, 5.74) is 2.54. The summed E-state index contributed by atoms with van der Waals surface area (Å²) in [4.78, 5) is 4.31. The molecule has 96 valence electrons. The van der Waals surface area contributed by atoms with Gasteiger partial charge in [-0.15, -0.1) is 0 Å². The summed E-state index contributed by atoms with van der Waals surface area (Å²) in [6.07, 6.45) is 9.38. The lowest BCUT2D eigenvalue weighted by Crippen LogP contribution is -2.43. The smallest absolute Gasteiger partial charge is 0.124 e. The van der Waals surface area contributed by atoms with Crippen LogP contribution in [0.2, 0.25) is 5.02 Å². The van der Waals surface area contributed by atoms with Crippen molar-refractivity contribution in [1.82, 2.24) is 10.3 Å². The normalized spacial score (nSPS) is 27.6. The van der Waals surface area contributed by atoms with Crippen molar-refractivity contribution in [2.75, 3.05) is 6.54 Å². The molecule has 1 saturated heterocycles. The van der Waals surface area contributed by atoms with Crippen molar-refractivity contribution in [1.29, 1.82) is 0 Å². The molecule has 2 aliphatic rings. The van der Waals surface area contributed by atoms with E-state index in [-0.39, 0.29) is 0 Å². The second kappa shape index (κ2) is 5.32. The Kier molecular flexibility index (Phi) is 3.73. The second-order valence-corrected chi connectivity index (χ2v) is 6.23. The lowest BCUT2D eigenvalue weighted by Gasteiger charge is -2.37. The Morgan fingerprint density at radius 2 is 2.28 bits per heavy atom. The summed E-state index contributed by atoms with van der Waals surface area (Å²) in [5.74, 6) is 0.779. The van der Waals surface area contributed by atoms with Gasteiger partial charge in [0, 0.05) is 12.2 Å². The van der Waals surface area contributed by atoms with Gasteiger partial charge in [-0.05, 0) is 71.3 Å². The molecule has 3 rings (SSSR count). The Bertz CT molecular complexity index is 487. The topological polar surface area (TPSA) is 24.9 Å². The van der Waals surface area contributed by atoms with Crippen LogP contribution >= 0.6 is 27.5 Å². The van der Waals surface area contributed by atoms with E-state index in [9.17, 15) is 0 Å². The predicted octanol–water partition coefficient (Wildman–Crippen LogP) is 4.04. The monoisotopic (exact) mass is 326 g/mol. The number of nitrogens with zero attached hydrogens (tertiary/aromatic N) is 1. The van der Waals surface area contributed by atoms with Crippen LogP contribution < -0.4 is 5.32 Å². The summed E-state index contributed by atoms with van der Waals surface area (Å²) in [7, 11) is 0. The Morgan fingerprint density at radius 3 is 3.11 bits per heavy atom. The van der Waals surface area contributed by atoms with Gasteiger partial charge < -0.3 is 5.32 Å². The van der Waals surface area contributed by atoms with Crippen molar-refractivity contribution in [3.8, 4) is 0 Å². The summed E-state index contributed by atoms with van der Waals surface area (Å²) in [5, 5.41) is 4.34. The molecular weight excluding hydrogens is 312 g/mol. The molecule has 0 radical (unpaired) electrons. The average molecular weight is 328 g/mol. The minimum Gasteiger partial charge on any atom is -0.310 e. The highest BCUT2D eigenvalue weighted by molar-refractivity contribution is 9.10. The molecular formula is C14H16BrClN2. The molecule has 0 spiro atoms. The maximum Gasteiger partial charge on any atom is 0.124 e. The Hall–Kier alpha value is -0.380. The number of pyridine rings is 1. The fraction of sp³-hybridized carbons (Fsp3) is 0.500. The van der Waals surface area contributed by atoms with E-state index in [0.29, 0.717) is 11.1 Å². The van der Waals surface area contributed by atoms with Gasteiger partial charge >= 0.3 is 0 Å². The van der Waals surface area contributed by atoms with E-state index in [1.807, 2.05) is 12.3 Å². The van der Waals surface area contributed by atoms with Crippen LogP contribution in [0.25, 0.3) is 5.57 Å². The number of rotatable bonds is 1. The van der Waals surface area contributed by atoms with Crippen LogP contribution in [0.3, 0.4) is 0 Å². The van der Waals surface area contributed by atoms with E-state index in [0.717, 1.165) is 22.6 Å². The van der Waals surface area contributed by atoms with Crippen LogP contribution in [0.1, 0.15) is 31.2 Å². The number of fused-ring (bicyclic) bond motifs is 1. The van der Waals surface area contributed by atoms with Gasteiger partial charge in [-0.3, -0.25) is 0 Å². The van der Waals surface area contributed by atoms with E-state index in [1.165, 1.54) is 31.3 Å². The van der Waals surface area contributed by atoms with Crippen molar-refractivity contribution < 1.29 is 0 Å². The Labute approximate surface area is 121 Å². The lowest BCUT2D eigenvalue weighted by molar-refractivity contribution is 0.304. The molecule has 1 aliphatic carbocycles. The van der Waals surface area contributed by atoms with Gasteiger partial charge in [-0.1, -0.05) is 17.7 Å². The number of hydrogen-bond acceptors (Lipinski definition) is 2. The zero-order valence-corrected chi connectivity index (χ0v) is 12.5. The van der Waals surface area contributed by atoms with Gasteiger partial charge in [-0.25, -0.2) is 4.98 Å². The molecule has 0 bridgehead atoms. The Morgan fingerprint density at radius 1 is 1.39 bits per heavy atom. The minimum absolute atomic E-state index is 0.492. The van der Waals surface area contributed by atoms with Crippen molar-refractivity contribution in [2.45, 2.75) is 31.7 Å². The van der Waals surface area contributed by atoms with Crippen LogP contribution in [-0.2, 0) is 0 Å². The highest BCUT2D eigenvalue weighted by Crippen LogP contribution is 2.36. The molecule has 1 aliphatic heterocycles. The van der Waals surface area contributed by atoms with Crippen molar-refractivity contribution in [3.05, 3.63) is 33.5 Å². The van der Waals surface area contributed by atoms with Crippen molar-refractivity contribution in [2.24, 2.45) is 5.92 Å². The first-order valence-corrected chi connectivity index (χ1v) is 7.67. The van der Waals surface area contributed by atoms with Gasteiger partial charge in [-0.2, -0.15) is 0 Å². The fourth-order valence-electron chi connectivity index (χ4n) is 3.09. The van der Waals surface area contributed by atoms with E-state index in [2.05, 4.69) is 32.3 Å². The molecule has 1 fully saturated rings. The summed E-state index contributed by atoms with van der Waals surface area (Å²) in [6.45, 7) is 1.12. The molecule has 1 N–H and O–H groups in total. The van der Waals surface area contributed by atoms with Crippen LogP contribution in [-0.4, -0.2) is 17.6 Å². The number of piperidine rings is 1. The summed E-state index contributed by atoms with van der Waals surface area (Å²) in [6, 6.07) is 2.51. The molecule has 0 saturated carbocycles. The van der Waals surface area contributed by atoms with E-state index >= 15 is 0 Å². The summed E-state index contributed by atoms with van der Waals surface area (Å²) < 4.78 is 0.720. The molecule has 0 aromatic carbocycles. The zero-order chi connectivity index (χ0) is 12.5. The first kappa shape index (κ1) is 12.6. The third kappa shape index (κ3) is 2.36. The first-order valence-electron chi connectivity index (χ1n) is 6.50. The van der Waals surface area contributed by atoms with Gasteiger partial charge in [0.1, 0.15) is 4.60 Å². The molecule has 1 aromatic rings. The molecule has 0 unspecified atom stereocenters. The number of allylic oxidation sites excluding steroid dienone is 1. The van der Waals surface area contributed by atoms with E-state index in [1.54, 1.807) is 0 Å². The van der Waals surface area contributed by atoms with Crippen LogP contribution in [0.15, 0.2) is 22.9 Å². The molecule has 2 heterocycles. The van der Waals surface area contributed by atoms with Gasteiger partial charge in [0.15, 0.2) is 0 Å². The molecule has 0 amide bonds. The molecule has 2 nitrogen and oxygen atoms in total. The minimum atomic E-state index is 0.492. The van der Waals surface area contributed by atoms with Crippen molar-refractivity contribution in [3.63, 3.8) is 0 Å². The predicted molar refractivity (Wildman–Crippen MR) is 78.7 cm³/mol. The van der Waals surface area contributed by atoms with Gasteiger partial charge in [0.25, 0.3) is 0 Å². The quantitative estimate of drug-likeness (QED) is 0.787. The van der Waals surface area contributed by atoms with Crippen molar-refractivity contribution >= 4 is 33.1 Å². The number of halogens is 2. The number of hydrogen-bond donors (Lipinski definition) is 1. The lowest BCUT2D eigenvalue weighted by atomic mass is 9.77. The molecule has 2 atom stereocenters. The second-order valence-electron chi connectivity index (χ2n) is 5.07. The maximum atomic E-state index is 6.15.